The maximum Gasteiger partial charge on any atom is 0.347 e. The average molecular weight is 316 g/mol. The van der Waals surface area contributed by atoms with E-state index in [-0.39, 0.29) is 5.97 Å². The van der Waals surface area contributed by atoms with Gasteiger partial charge < -0.3 is 19.9 Å². The van der Waals surface area contributed by atoms with Crippen LogP contribution in [-0.2, 0) is 16.1 Å². The Hall–Kier alpha value is -1.27. The standard InChI is InChI=1S/C12H14BrNO4/c1-16-10-5-7(6-14)4-8(13)11(10)18-9-2-3-17-12(9)15/h4-5,9H,2-3,6,14H2,1H3. The molecule has 1 aromatic carbocycles. The van der Waals surface area contributed by atoms with Crippen molar-refractivity contribution >= 4 is 21.9 Å². The van der Waals surface area contributed by atoms with Crippen LogP contribution in [0.5, 0.6) is 11.5 Å². The fourth-order valence-electron chi connectivity index (χ4n) is 1.73. The van der Waals surface area contributed by atoms with Gasteiger partial charge in [0, 0.05) is 13.0 Å². The van der Waals surface area contributed by atoms with E-state index in [2.05, 4.69) is 15.9 Å². The number of methoxy groups -OCH3 is 1. The molecule has 0 amide bonds. The summed E-state index contributed by atoms with van der Waals surface area (Å²) < 4.78 is 16.5. The van der Waals surface area contributed by atoms with Crippen molar-refractivity contribution in [3.05, 3.63) is 22.2 Å². The number of cyclic esters (lactones) is 1. The van der Waals surface area contributed by atoms with Gasteiger partial charge in [-0.25, -0.2) is 4.79 Å². The first-order valence-electron chi connectivity index (χ1n) is 5.55. The maximum atomic E-state index is 11.4. The van der Waals surface area contributed by atoms with Crippen molar-refractivity contribution in [2.24, 2.45) is 5.73 Å². The number of carbonyl (C=O) groups is 1. The van der Waals surface area contributed by atoms with Crippen molar-refractivity contribution in [1.29, 1.82) is 0 Å². The first-order chi connectivity index (χ1) is 8.65. The Kier molecular flexibility index (Phi) is 4.08. The van der Waals surface area contributed by atoms with E-state index in [0.29, 0.717) is 35.5 Å². The number of nitrogens with two attached hydrogens (primary N) is 1. The van der Waals surface area contributed by atoms with Crippen molar-refractivity contribution in [3.63, 3.8) is 0 Å². The minimum atomic E-state index is -0.570. The van der Waals surface area contributed by atoms with Crippen LogP contribution in [0.15, 0.2) is 16.6 Å². The summed E-state index contributed by atoms with van der Waals surface area (Å²) in [5.74, 6) is 0.704. The first-order valence-corrected chi connectivity index (χ1v) is 6.34. The number of ether oxygens (including phenoxy) is 3. The van der Waals surface area contributed by atoms with Gasteiger partial charge in [0.2, 0.25) is 0 Å². The summed E-state index contributed by atoms with van der Waals surface area (Å²) in [6.45, 7) is 0.797. The van der Waals surface area contributed by atoms with E-state index >= 15 is 0 Å². The van der Waals surface area contributed by atoms with E-state index < -0.39 is 6.10 Å². The van der Waals surface area contributed by atoms with Crippen LogP contribution in [0, 0.1) is 0 Å². The Morgan fingerprint density at radius 3 is 2.89 bits per heavy atom. The highest BCUT2D eigenvalue weighted by atomic mass is 79.9. The molecule has 1 fully saturated rings. The summed E-state index contributed by atoms with van der Waals surface area (Å²) in [7, 11) is 1.54. The summed E-state index contributed by atoms with van der Waals surface area (Å²) in [6.07, 6.45) is -0.0218. The van der Waals surface area contributed by atoms with E-state index in [4.69, 9.17) is 19.9 Å². The van der Waals surface area contributed by atoms with Crippen LogP contribution < -0.4 is 15.2 Å². The average Bonchev–Trinajstić information content (AvgIpc) is 2.77. The van der Waals surface area contributed by atoms with Gasteiger partial charge in [0.1, 0.15) is 0 Å². The van der Waals surface area contributed by atoms with Crippen molar-refractivity contribution in [2.75, 3.05) is 13.7 Å². The monoisotopic (exact) mass is 315 g/mol. The van der Waals surface area contributed by atoms with Crippen LogP contribution in [0.1, 0.15) is 12.0 Å². The van der Waals surface area contributed by atoms with Gasteiger partial charge in [0.25, 0.3) is 0 Å². The molecule has 1 unspecified atom stereocenters. The summed E-state index contributed by atoms with van der Waals surface area (Å²) in [5, 5.41) is 0. The summed E-state index contributed by atoms with van der Waals surface area (Å²) in [5.41, 5.74) is 6.50. The summed E-state index contributed by atoms with van der Waals surface area (Å²) >= 11 is 3.39. The zero-order chi connectivity index (χ0) is 13.1. The van der Waals surface area contributed by atoms with E-state index in [1.165, 1.54) is 0 Å². The van der Waals surface area contributed by atoms with E-state index in [9.17, 15) is 4.79 Å². The van der Waals surface area contributed by atoms with Crippen LogP contribution in [0.2, 0.25) is 0 Å². The Labute approximate surface area is 113 Å². The number of halogens is 1. The Bertz CT molecular complexity index is 464. The van der Waals surface area contributed by atoms with Crippen LogP contribution in [0.4, 0.5) is 0 Å². The quantitative estimate of drug-likeness (QED) is 0.855. The van der Waals surface area contributed by atoms with Gasteiger partial charge in [0.05, 0.1) is 18.2 Å². The third-order valence-electron chi connectivity index (χ3n) is 2.67. The molecule has 1 atom stereocenters. The van der Waals surface area contributed by atoms with Gasteiger partial charge in [-0.2, -0.15) is 0 Å². The molecule has 0 saturated carbocycles. The molecule has 98 valence electrons. The fourth-order valence-corrected chi connectivity index (χ4v) is 2.31. The lowest BCUT2D eigenvalue weighted by atomic mass is 10.2. The maximum absolute atomic E-state index is 11.4. The normalized spacial score (nSPS) is 18.6. The lowest BCUT2D eigenvalue weighted by molar-refractivity contribution is -0.143. The minimum Gasteiger partial charge on any atom is -0.493 e. The molecule has 0 aliphatic carbocycles. The molecule has 0 spiro atoms. The second-order valence-corrected chi connectivity index (χ2v) is 4.73. The Balaban J connectivity index is 2.28. The Morgan fingerprint density at radius 2 is 2.33 bits per heavy atom. The summed E-state index contributed by atoms with van der Waals surface area (Å²) in [6, 6.07) is 3.64. The third-order valence-corrected chi connectivity index (χ3v) is 3.26. The molecule has 2 rings (SSSR count). The van der Waals surface area contributed by atoms with Gasteiger partial charge in [-0.1, -0.05) is 0 Å². The molecule has 18 heavy (non-hydrogen) atoms. The number of benzene rings is 1. The molecule has 6 heteroatoms. The highest BCUT2D eigenvalue weighted by Gasteiger charge is 2.30. The second kappa shape index (κ2) is 5.58. The third kappa shape index (κ3) is 2.59. The first kappa shape index (κ1) is 13.2. The van der Waals surface area contributed by atoms with E-state index in [1.54, 1.807) is 13.2 Å². The smallest absolute Gasteiger partial charge is 0.347 e. The predicted molar refractivity (Wildman–Crippen MR) is 68.6 cm³/mol. The van der Waals surface area contributed by atoms with Gasteiger partial charge in [-0.05, 0) is 33.6 Å². The molecular formula is C12H14BrNO4. The molecular weight excluding hydrogens is 302 g/mol. The molecule has 5 nitrogen and oxygen atoms in total. The number of esters is 1. The lowest BCUT2D eigenvalue weighted by Gasteiger charge is -2.16. The Morgan fingerprint density at radius 1 is 1.56 bits per heavy atom. The molecule has 1 aromatic rings. The van der Waals surface area contributed by atoms with Crippen molar-refractivity contribution in [2.45, 2.75) is 19.1 Å². The van der Waals surface area contributed by atoms with Gasteiger partial charge >= 0.3 is 5.97 Å². The van der Waals surface area contributed by atoms with Crippen molar-refractivity contribution in [3.8, 4) is 11.5 Å². The second-order valence-electron chi connectivity index (χ2n) is 3.88. The molecule has 0 bridgehead atoms. The molecule has 0 radical (unpaired) electrons. The zero-order valence-electron chi connectivity index (χ0n) is 9.94. The van der Waals surface area contributed by atoms with Gasteiger partial charge in [-0.15, -0.1) is 0 Å². The molecule has 0 aromatic heterocycles. The number of rotatable bonds is 4. The molecule has 1 saturated heterocycles. The lowest BCUT2D eigenvalue weighted by Crippen LogP contribution is -2.22. The molecule has 1 aliphatic heterocycles. The minimum absolute atomic E-state index is 0.341. The highest BCUT2D eigenvalue weighted by molar-refractivity contribution is 9.10. The number of hydrogen-bond acceptors (Lipinski definition) is 5. The largest absolute Gasteiger partial charge is 0.493 e. The highest BCUT2D eigenvalue weighted by Crippen LogP contribution is 2.38. The van der Waals surface area contributed by atoms with Crippen LogP contribution in [-0.4, -0.2) is 25.8 Å². The molecule has 1 heterocycles. The van der Waals surface area contributed by atoms with E-state index in [1.807, 2.05) is 6.07 Å². The van der Waals surface area contributed by atoms with Crippen LogP contribution in [0.3, 0.4) is 0 Å². The predicted octanol–water partition coefficient (Wildman–Crippen LogP) is 1.61. The fraction of sp³-hybridized carbons (Fsp3) is 0.417. The van der Waals surface area contributed by atoms with Crippen LogP contribution in [0.25, 0.3) is 0 Å². The van der Waals surface area contributed by atoms with Crippen molar-refractivity contribution in [1.82, 2.24) is 0 Å². The number of carbonyl (C=O) groups excluding carboxylic acids is 1. The van der Waals surface area contributed by atoms with E-state index in [0.717, 1.165) is 5.56 Å². The van der Waals surface area contributed by atoms with Crippen molar-refractivity contribution < 1.29 is 19.0 Å². The van der Waals surface area contributed by atoms with Crippen LogP contribution >= 0.6 is 15.9 Å². The SMILES string of the molecule is COc1cc(CN)cc(Br)c1OC1CCOC1=O. The topological polar surface area (TPSA) is 70.8 Å². The van der Waals surface area contributed by atoms with Gasteiger partial charge in [-0.3, -0.25) is 0 Å². The summed E-state index contributed by atoms with van der Waals surface area (Å²) in [4.78, 5) is 11.4. The van der Waals surface area contributed by atoms with Gasteiger partial charge in [0.15, 0.2) is 17.6 Å². The zero-order valence-corrected chi connectivity index (χ0v) is 11.5. The number of hydrogen-bond donors (Lipinski definition) is 1. The molecule has 2 N–H and O–H groups in total. The molecule has 1 aliphatic rings.